The molecule has 1 aliphatic rings. The Labute approximate surface area is 115 Å². The van der Waals surface area contributed by atoms with Gasteiger partial charge >= 0.3 is 17.9 Å². The Balaban J connectivity index is 0.000000206. The van der Waals surface area contributed by atoms with Gasteiger partial charge in [0.2, 0.25) is 0 Å². The maximum atomic E-state index is 10.8. The van der Waals surface area contributed by atoms with Gasteiger partial charge in [-0.2, -0.15) is 0 Å². The van der Waals surface area contributed by atoms with Crippen LogP contribution in [0, 0.1) is 0 Å². The van der Waals surface area contributed by atoms with E-state index in [2.05, 4.69) is 16.1 Å². The molecule has 1 heterocycles. The minimum atomic E-state index is -0.550. The van der Waals surface area contributed by atoms with E-state index in [9.17, 15) is 14.4 Å². The van der Waals surface area contributed by atoms with Crippen LogP contribution in [-0.2, 0) is 14.3 Å². The molecule has 0 saturated heterocycles. The lowest BCUT2D eigenvalue weighted by atomic mass is 10.1. The number of hydrogen-bond donors (Lipinski definition) is 1. The molecule has 0 unspecified atom stereocenters. The zero-order valence-electron chi connectivity index (χ0n) is 10.9. The van der Waals surface area contributed by atoms with Gasteiger partial charge in [0, 0.05) is 5.57 Å². The predicted molar refractivity (Wildman–Crippen MR) is 69.0 cm³/mol. The number of fused-ring (bicyclic) bond motifs is 1. The van der Waals surface area contributed by atoms with Gasteiger partial charge in [-0.25, -0.2) is 14.4 Å². The number of esters is 3. The molecule has 0 spiro atoms. The first kappa shape index (κ1) is 15.6. The smallest absolute Gasteiger partial charge is 0.346 e. The molecule has 2 rings (SSSR count). The topological polar surface area (TPSA) is 89.9 Å². The van der Waals surface area contributed by atoms with Crippen LogP contribution in [0.15, 0.2) is 36.4 Å². The lowest BCUT2D eigenvalue weighted by Crippen LogP contribution is -2.08. The van der Waals surface area contributed by atoms with Gasteiger partial charge in [-0.15, -0.1) is 0 Å². The van der Waals surface area contributed by atoms with Gasteiger partial charge in [-0.05, 0) is 19.1 Å². The largest absolute Gasteiger partial charge is 0.460 e. The minimum absolute atomic E-state index is 0.0473. The van der Waals surface area contributed by atoms with Crippen LogP contribution in [0.25, 0.3) is 0 Å². The van der Waals surface area contributed by atoms with Crippen molar-refractivity contribution in [2.45, 2.75) is 6.92 Å². The van der Waals surface area contributed by atoms with Crippen molar-refractivity contribution in [3.8, 4) is 0 Å². The molecule has 0 bridgehead atoms. The van der Waals surface area contributed by atoms with Crippen molar-refractivity contribution in [3.05, 3.63) is 47.5 Å². The summed E-state index contributed by atoms with van der Waals surface area (Å²) in [6, 6.07) is 6.53. The van der Waals surface area contributed by atoms with E-state index in [0.717, 1.165) is 0 Å². The van der Waals surface area contributed by atoms with Gasteiger partial charge < -0.3 is 14.6 Å². The maximum Gasteiger partial charge on any atom is 0.346 e. The van der Waals surface area contributed by atoms with Crippen LogP contribution in [0.1, 0.15) is 27.6 Å². The molecular formula is C14H14O6. The van der Waals surface area contributed by atoms with E-state index in [0.29, 0.717) is 16.7 Å². The monoisotopic (exact) mass is 278 g/mol. The molecule has 0 aliphatic carbocycles. The number of carbonyl (C=O) groups is 3. The Hall–Kier alpha value is -2.47. The summed E-state index contributed by atoms with van der Waals surface area (Å²) in [7, 11) is 0. The molecule has 1 aromatic carbocycles. The first-order valence-corrected chi connectivity index (χ1v) is 5.76. The van der Waals surface area contributed by atoms with E-state index < -0.39 is 17.9 Å². The molecule has 6 heteroatoms. The lowest BCUT2D eigenvalue weighted by molar-refractivity contribution is -0.139. The number of aliphatic hydroxyl groups is 1. The molecule has 1 aromatic rings. The molecule has 0 amide bonds. The number of rotatable bonds is 3. The Kier molecular flexibility index (Phi) is 5.61. The number of aliphatic hydroxyl groups excluding tert-OH is 1. The third kappa shape index (κ3) is 4.03. The number of carbonyl (C=O) groups excluding carboxylic acids is 3. The number of benzene rings is 1. The van der Waals surface area contributed by atoms with Gasteiger partial charge in [0.05, 0.1) is 17.7 Å². The van der Waals surface area contributed by atoms with Crippen molar-refractivity contribution in [3.63, 3.8) is 0 Å². The van der Waals surface area contributed by atoms with E-state index in [1.807, 2.05) is 0 Å². The van der Waals surface area contributed by atoms with E-state index in [1.165, 1.54) is 0 Å². The summed E-state index contributed by atoms with van der Waals surface area (Å²) >= 11 is 0. The first-order chi connectivity index (χ1) is 9.47. The second kappa shape index (κ2) is 7.20. The number of ether oxygens (including phenoxy) is 2. The standard InChI is InChI=1S/C8H4O3.C6H10O3/c9-7-5-3-1-2-4-6(5)8(10)11-7;1-5(2)6(8)9-4-3-7/h1-4H;7H,1,3-4H2,2H3. The van der Waals surface area contributed by atoms with Gasteiger partial charge in [0.1, 0.15) is 6.61 Å². The van der Waals surface area contributed by atoms with Crippen LogP contribution >= 0.6 is 0 Å². The van der Waals surface area contributed by atoms with Crippen molar-refractivity contribution in [1.82, 2.24) is 0 Å². The zero-order chi connectivity index (χ0) is 15.1. The van der Waals surface area contributed by atoms with Gasteiger partial charge in [0.15, 0.2) is 0 Å². The van der Waals surface area contributed by atoms with Crippen LogP contribution in [-0.4, -0.2) is 36.2 Å². The van der Waals surface area contributed by atoms with Gasteiger partial charge in [0.25, 0.3) is 0 Å². The fraction of sp³-hybridized carbons (Fsp3) is 0.214. The number of hydrogen-bond acceptors (Lipinski definition) is 6. The summed E-state index contributed by atoms with van der Waals surface area (Å²) in [6.07, 6.45) is 0. The zero-order valence-corrected chi connectivity index (χ0v) is 10.9. The minimum Gasteiger partial charge on any atom is -0.460 e. The normalized spacial score (nSPS) is 11.9. The highest BCUT2D eigenvalue weighted by Crippen LogP contribution is 2.18. The molecule has 0 radical (unpaired) electrons. The third-order valence-corrected chi connectivity index (χ3v) is 2.23. The summed E-state index contributed by atoms with van der Waals surface area (Å²) < 4.78 is 8.82. The third-order valence-electron chi connectivity index (χ3n) is 2.23. The van der Waals surface area contributed by atoms with Crippen LogP contribution in [0.3, 0.4) is 0 Å². The first-order valence-electron chi connectivity index (χ1n) is 5.76. The van der Waals surface area contributed by atoms with Crippen LogP contribution < -0.4 is 0 Å². The lowest BCUT2D eigenvalue weighted by Gasteiger charge is -1.99. The summed E-state index contributed by atoms with van der Waals surface area (Å²) in [4.78, 5) is 32.1. The molecule has 0 atom stereocenters. The average Bonchev–Trinajstić information content (AvgIpc) is 2.72. The van der Waals surface area contributed by atoms with E-state index >= 15 is 0 Å². The summed E-state index contributed by atoms with van der Waals surface area (Å²) in [6.45, 7) is 4.81. The molecule has 0 fully saturated rings. The molecule has 6 nitrogen and oxygen atoms in total. The van der Waals surface area contributed by atoms with Crippen molar-refractivity contribution >= 4 is 17.9 Å². The van der Waals surface area contributed by atoms with E-state index in [-0.39, 0.29) is 13.2 Å². The summed E-state index contributed by atoms with van der Waals surface area (Å²) in [5.74, 6) is -1.56. The Morgan fingerprint density at radius 1 is 1.25 bits per heavy atom. The molecule has 1 aliphatic heterocycles. The summed E-state index contributed by atoms with van der Waals surface area (Å²) in [5, 5.41) is 8.19. The molecular weight excluding hydrogens is 264 g/mol. The second-order valence-corrected chi connectivity index (χ2v) is 3.86. The Morgan fingerprint density at radius 3 is 2.15 bits per heavy atom. The van der Waals surface area contributed by atoms with Crippen molar-refractivity contribution in [2.24, 2.45) is 0 Å². The molecule has 0 saturated carbocycles. The van der Waals surface area contributed by atoms with Crippen LogP contribution in [0.5, 0.6) is 0 Å². The molecule has 106 valence electrons. The molecule has 0 aromatic heterocycles. The molecule has 1 N–H and O–H groups in total. The Morgan fingerprint density at radius 2 is 1.75 bits per heavy atom. The van der Waals surface area contributed by atoms with E-state index in [4.69, 9.17) is 5.11 Å². The fourth-order valence-corrected chi connectivity index (χ4v) is 1.29. The average molecular weight is 278 g/mol. The fourth-order valence-electron chi connectivity index (χ4n) is 1.29. The second-order valence-electron chi connectivity index (χ2n) is 3.86. The van der Waals surface area contributed by atoms with Crippen molar-refractivity contribution in [2.75, 3.05) is 13.2 Å². The van der Waals surface area contributed by atoms with Gasteiger partial charge in [-0.3, -0.25) is 0 Å². The quantitative estimate of drug-likeness (QED) is 0.506. The number of cyclic esters (lactones) is 2. The van der Waals surface area contributed by atoms with Crippen LogP contribution in [0.4, 0.5) is 0 Å². The van der Waals surface area contributed by atoms with Crippen LogP contribution in [0.2, 0.25) is 0 Å². The highest BCUT2D eigenvalue weighted by atomic mass is 16.6. The SMILES string of the molecule is C=C(C)C(=O)OCCO.O=C1OC(=O)c2ccccc21. The highest BCUT2D eigenvalue weighted by Gasteiger charge is 2.28. The Bertz CT molecular complexity index is 513. The summed E-state index contributed by atoms with van der Waals surface area (Å²) in [5.41, 5.74) is 1.07. The van der Waals surface area contributed by atoms with E-state index in [1.54, 1.807) is 31.2 Å². The predicted octanol–water partition coefficient (Wildman–Crippen LogP) is 1.10. The van der Waals surface area contributed by atoms with Gasteiger partial charge in [-0.1, -0.05) is 18.7 Å². The maximum absolute atomic E-state index is 10.8. The highest BCUT2D eigenvalue weighted by molar-refractivity contribution is 6.14. The molecule has 20 heavy (non-hydrogen) atoms. The van der Waals surface area contributed by atoms with Crippen molar-refractivity contribution < 1.29 is 29.0 Å². The van der Waals surface area contributed by atoms with Crippen molar-refractivity contribution in [1.29, 1.82) is 0 Å².